The molecule has 2 aromatic carbocycles. The van der Waals surface area contributed by atoms with Gasteiger partial charge in [-0.2, -0.15) is 16.8 Å². The number of ketones is 2. The van der Waals surface area contributed by atoms with Crippen molar-refractivity contribution in [3.05, 3.63) is 70.8 Å². The van der Waals surface area contributed by atoms with Gasteiger partial charge in [0.2, 0.25) is 22.4 Å². The fraction of sp³-hybridized carbons (Fsp3) is 0.176. The van der Waals surface area contributed by atoms with E-state index in [-0.39, 0.29) is 11.1 Å². The van der Waals surface area contributed by atoms with Crippen LogP contribution in [0.1, 0.15) is 31.8 Å². The second kappa shape index (κ2) is 8.49. The van der Waals surface area contributed by atoms with Gasteiger partial charge < -0.3 is 10.2 Å². The van der Waals surface area contributed by atoms with Crippen molar-refractivity contribution >= 4 is 31.8 Å². The number of benzene rings is 2. The maximum Gasteiger partial charge on any atom is 0.299 e. The summed E-state index contributed by atoms with van der Waals surface area (Å²) in [5.41, 5.74) is -4.04. The van der Waals surface area contributed by atoms with Crippen LogP contribution in [0.3, 0.4) is 0 Å². The molecule has 2 aromatic rings. The van der Waals surface area contributed by atoms with E-state index < -0.39 is 42.7 Å². The summed E-state index contributed by atoms with van der Waals surface area (Å²) in [7, 11) is -9.86. The van der Waals surface area contributed by atoms with Gasteiger partial charge in [0.1, 0.15) is 0 Å². The second-order valence-electron chi connectivity index (χ2n) is 6.03. The molecule has 0 fully saturated rings. The van der Waals surface area contributed by atoms with Gasteiger partial charge in [0.25, 0.3) is 20.2 Å². The molecule has 0 heterocycles. The predicted octanol–water partition coefficient (Wildman–Crippen LogP) is 0.0552. The lowest BCUT2D eigenvalue weighted by Crippen LogP contribution is -2.29. The first kappa shape index (κ1) is 22.8. The molecule has 29 heavy (non-hydrogen) atoms. The molecule has 2 unspecified atom stereocenters. The van der Waals surface area contributed by atoms with Gasteiger partial charge >= 0.3 is 0 Å². The van der Waals surface area contributed by atoms with Crippen LogP contribution in [0.5, 0.6) is 0 Å². The average molecular weight is 444 g/mol. The number of aliphatic hydroxyl groups is 2. The fourth-order valence-corrected chi connectivity index (χ4v) is 3.18. The number of hydrogen-bond donors (Lipinski definition) is 4. The molecule has 0 aliphatic heterocycles. The van der Waals surface area contributed by atoms with Gasteiger partial charge in [0.05, 0.1) is 0 Å². The van der Waals surface area contributed by atoms with Crippen molar-refractivity contribution in [2.24, 2.45) is 0 Å². The number of rotatable bonds is 8. The van der Waals surface area contributed by atoms with Crippen LogP contribution in [-0.2, 0) is 26.7 Å². The fourth-order valence-electron chi connectivity index (χ4n) is 2.37. The van der Waals surface area contributed by atoms with Crippen LogP contribution >= 0.6 is 0 Å². The molecule has 4 N–H and O–H groups in total. The maximum absolute atomic E-state index is 11.8. The smallest absolute Gasteiger partial charge is 0.299 e. The van der Waals surface area contributed by atoms with Gasteiger partial charge in [-0.15, -0.1) is 0 Å². The summed E-state index contributed by atoms with van der Waals surface area (Å²) in [6, 6.07) is 11.0. The summed E-state index contributed by atoms with van der Waals surface area (Å²) in [5.74, 6) is -2.36. The lowest BCUT2D eigenvalue weighted by molar-refractivity contribution is 0.0842. The molecule has 12 heteroatoms. The van der Waals surface area contributed by atoms with Gasteiger partial charge in [0, 0.05) is 11.1 Å². The zero-order valence-electron chi connectivity index (χ0n) is 14.5. The van der Waals surface area contributed by atoms with Crippen molar-refractivity contribution in [2.75, 3.05) is 0 Å². The summed E-state index contributed by atoms with van der Waals surface area (Å²) in [4.78, 5) is 23.6. The molecule has 2 atom stereocenters. The van der Waals surface area contributed by atoms with E-state index in [4.69, 9.17) is 9.11 Å². The van der Waals surface area contributed by atoms with Gasteiger partial charge in [-0.25, -0.2) is 0 Å². The zero-order chi connectivity index (χ0) is 22.0. The predicted molar refractivity (Wildman–Crippen MR) is 99.5 cm³/mol. The molecule has 0 aromatic heterocycles. The highest BCUT2D eigenvalue weighted by Crippen LogP contribution is 2.15. The summed E-state index contributed by atoms with van der Waals surface area (Å²) in [5, 5.41) is 18.6. The van der Waals surface area contributed by atoms with Crippen LogP contribution in [0.15, 0.2) is 48.5 Å². The van der Waals surface area contributed by atoms with Crippen molar-refractivity contribution in [1.82, 2.24) is 0 Å². The SMILES string of the molecule is O=C(c1ccc(Cc2ccc(C(=O)C(O)S(=O)(=O)O)cc2)cc1)C(O)S(=O)(=O)O. The Hall–Kier alpha value is -2.48. The molecule has 0 spiro atoms. The van der Waals surface area contributed by atoms with E-state index in [0.717, 1.165) is 0 Å². The third kappa shape index (κ3) is 5.76. The second-order valence-corrected chi connectivity index (χ2v) is 8.99. The van der Waals surface area contributed by atoms with Crippen molar-refractivity contribution in [2.45, 2.75) is 17.3 Å². The van der Waals surface area contributed by atoms with E-state index in [2.05, 4.69) is 0 Å². The lowest BCUT2D eigenvalue weighted by Gasteiger charge is -2.09. The Labute approximate surface area is 165 Å². The average Bonchev–Trinajstić information content (AvgIpc) is 2.65. The Balaban J connectivity index is 2.11. The Bertz CT molecular complexity index is 1030. The summed E-state index contributed by atoms with van der Waals surface area (Å²) >= 11 is 0. The van der Waals surface area contributed by atoms with Gasteiger partial charge in [-0.1, -0.05) is 48.5 Å². The maximum atomic E-state index is 11.8. The van der Waals surface area contributed by atoms with E-state index in [1.165, 1.54) is 48.5 Å². The summed E-state index contributed by atoms with van der Waals surface area (Å²) in [6.45, 7) is 0. The van der Waals surface area contributed by atoms with Gasteiger partial charge in [-0.05, 0) is 17.5 Å². The van der Waals surface area contributed by atoms with Crippen molar-refractivity contribution < 1.29 is 45.7 Å². The molecule has 0 radical (unpaired) electrons. The van der Waals surface area contributed by atoms with E-state index in [0.29, 0.717) is 17.5 Å². The highest BCUT2D eigenvalue weighted by molar-refractivity contribution is 7.87. The molecule has 156 valence electrons. The summed E-state index contributed by atoms with van der Waals surface area (Å²) in [6.07, 6.45) is 0.324. The third-order valence-corrected chi connectivity index (χ3v) is 5.45. The molecule has 10 nitrogen and oxygen atoms in total. The highest BCUT2D eigenvalue weighted by atomic mass is 32.2. The van der Waals surface area contributed by atoms with Crippen molar-refractivity contribution in [3.63, 3.8) is 0 Å². The van der Waals surface area contributed by atoms with Gasteiger partial charge in [-0.3, -0.25) is 18.7 Å². The first-order valence-corrected chi connectivity index (χ1v) is 10.9. The third-order valence-electron chi connectivity index (χ3n) is 3.90. The highest BCUT2D eigenvalue weighted by Gasteiger charge is 2.30. The van der Waals surface area contributed by atoms with Crippen LogP contribution in [0.2, 0.25) is 0 Å². The largest absolute Gasteiger partial charge is 0.369 e. The van der Waals surface area contributed by atoms with Crippen LogP contribution in [0, 0.1) is 0 Å². The van der Waals surface area contributed by atoms with E-state index >= 15 is 0 Å². The topological polar surface area (TPSA) is 183 Å². The lowest BCUT2D eigenvalue weighted by atomic mass is 10.0. The molecule has 0 aliphatic rings. The zero-order valence-corrected chi connectivity index (χ0v) is 16.2. The minimum absolute atomic E-state index is 0.126. The normalized spacial score (nSPS) is 14.2. The van der Waals surface area contributed by atoms with Crippen LogP contribution in [0.25, 0.3) is 0 Å². The first-order chi connectivity index (χ1) is 13.3. The molecule has 0 saturated carbocycles. The summed E-state index contributed by atoms with van der Waals surface area (Å²) < 4.78 is 60.7. The molecular formula is C17H16O10S2. The van der Waals surface area contributed by atoms with Crippen LogP contribution in [-0.4, -0.2) is 58.6 Å². The minimum atomic E-state index is -4.93. The van der Waals surface area contributed by atoms with Crippen LogP contribution in [0.4, 0.5) is 0 Å². The van der Waals surface area contributed by atoms with E-state index in [1.807, 2.05) is 0 Å². The Morgan fingerprint density at radius 2 is 0.931 bits per heavy atom. The number of carbonyl (C=O) groups is 2. The van der Waals surface area contributed by atoms with E-state index in [9.17, 15) is 36.6 Å². The number of aliphatic hydroxyl groups excluding tert-OH is 2. The molecule has 0 amide bonds. The molecular weight excluding hydrogens is 428 g/mol. The number of hydrogen-bond acceptors (Lipinski definition) is 8. The number of carbonyl (C=O) groups excluding carboxylic acids is 2. The van der Waals surface area contributed by atoms with Crippen LogP contribution < -0.4 is 0 Å². The first-order valence-electron chi connectivity index (χ1n) is 7.86. The van der Waals surface area contributed by atoms with Gasteiger partial charge in [0.15, 0.2) is 0 Å². The minimum Gasteiger partial charge on any atom is -0.369 e. The van der Waals surface area contributed by atoms with E-state index in [1.54, 1.807) is 0 Å². The Morgan fingerprint density at radius 3 is 1.17 bits per heavy atom. The molecule has 0 saturated heterocycles. The standard InChI is InChI=1S/C17H16O10S2/c18-14(16(20)28(22,23)24)12-5-1-10(2-6-12)9-11-3-7-13(8-4-11)15(19)17(21)29(25,26)27/h1-8,16-17,20-21H,9H2,(H,22,23,24)(H,25,26,27). The quantitative estimate of drug-likeness (QED) is 0.320. The molecule has 2 rings (SSSR count). The molecule has 0 bridgehead atoms. The monoisotopic (exact) mass is 444 g/mol. The van der Waals surface area contributed by atoms with Crippen molar-refractivity contribution in [3.8, 4) is 0 Å². The molecule has 0 aliphatic carbocycles. The Morgan fingerprint density at radius 1 is 0.655 bits per heavy atom. The Kier molecular flexibility index (Phi) is 6.67. The van der Waals surface area contributed by atoms with Crippen molar-refractivity contribution in [1.29, 1.82) is 0 Å². The number of Topliss-reactive ketones (excluding diaryl/α,β-unsaturated/α-hetero) is 2.